The molecular weight excluding hydrogens is 314 g/mol. The van der Waals surface area contributed by atoms with E-state index in [2.05, 4.69) is 16.0 Å². The average Bonchev–Trinajstić information content (AvgIpc) is 2.56. The molecule has 0 aliphatic carbocycles. The highest BCUT2D eigenvalue weighted by Crippen LogP contribution is 2.14. The topological polar surface area (TPSA) is 70.2 Å². The Hall–Kier alpha value is -2.82. The Morgan fingerprint density at radius 1 is 0.960 bits per heavy atom. The van der Waals surface area contributed by atoms with Crippen molar-refractivity contribution in [2.45, 2.75) is 33.7 Å². The second kappa shape index (κ2) is 8.33. The van der Waals surface area contributed by atoms with Crippen LogP contribution >= 0.6 is 0 Å². The summed E-state index contributed by atoms with van der Waals surface area (Å²) in [6.45, 7) is 8.00. The number of rotatable bonds is 6. The summed E-state index contributed by atoms with van der Waals surface area (Å²) >= 11 is 0. The van der Waals surface area contributed by atoms with Gasteiger partial charge < -0.3 is 16.0 Å². The number of nitrogens with one attached hydrogen (secondary N) is 3. The van der Waals surface area contributed by atoms with Crippen LogP contribution in [0.15, 0.2) is 42.5 Å². The van der Waals surface area contributed by atoms with Crippen molar-refractivity contribution in [3.05, 3.63) is 59.2 Å². The van der Waals surface area contributed by atoms with Gasteiger partial charge in [0.25, 0.3) is 5.91 Å². The van der Waals surface area contributed by atoms with Crippen LogP contribution in [0.5, 0.6) is 0 Å². The summed E-state index contributed by atoms with van der Waals surface area (Å²) in [4.78, 5) is 24.1. The number of anilines is 2. The Balaban J connectivity index is 1.93. The molecule has 3 N–H and O–H groups in total. The lowest BCUT2D eigenvalue weighted by Crippen LogP contribution is -2.30. The molecule has 0 atom stereocenters. The van der Waals surface area contributed by atoms with Gasteiger partial charge in [-0.25, -0.2) is 0 Å². The first-order chi connectivity index (χ1) is 11.8. The van der Waals surface area contributed by atoms with E-state index in [0.29, 0.717) is 5.56 Å². The first-order valence-electron chi connectivity index (χ1n) is 8.37. The standard InChI is InChI=1S/C20H25N3O2/c1-13(2)22-20(25)16-6-5-7-17(11-16)21-12-19(24)23-18-9-8-14(3)15(4)10-18/h5-11,13,21H,12H2,1-4H3,(H,22,25)(H,23,24). The molecule has 0 aliphatic rings. The lowest BCUT2D eigenvalue weighted by Gasteiger charge is -2.11. The van der Waals surface area contributed by atoms with Crippen molar-refractivity contribution in [1.29, 1.82) is 0 Å². The first-order valence-corrected chi connectivity index (χ1v) is 8.37. The number of carbonyl (C=O) groups excluding carboxylic acids is 2. The number of hydrogen-bond donors (Lipinski definition) is 3. The highest BCUT2D eigenvalue weighted by Gasteiger charge is 2.08. The molecule has 5 heteroatoms. The molecule has 0 saturated carbocycles. The Morgan fingerprint density at radius 3 is 2.40 bits per heavy atom. The van der Waals surface area contributed by atoms with Gasteiger partial charge in [0.05, 0.1) is 6.54 Å². The zero-order chi connectivity index (χ0) is 18.4. The summed E-state index contributed by atoms with van der Waals surface area (Å²) in [5.41, 5.74) is 4.39. The van der Waals surface area contributed by atoms with Crippen molar-refractivity contribution in [1.82, 2.24) is 5.32 Å². The molecule has 2 amide bonds. The number of benzene rings is 2. The van der Waals surface area contributed by atoms with E-state index in [0.717, 1.165) is 16.9 Å². The maximum absolute atomic E-state index is 12.1. The van der Waals surface area contributed by atoms with Gasteiger partial charge in [0.2, 0.25) is 5.91 Å². The summed E-state index contributed by atoms with van der Waals surface area (Å²) in [5.74, 6) is -0.265. The van der Waals surface area contributed by atoms with E-state index in [1.807, 2.05) is 52.0 Å². The van der Waals surface area contributed by atoms with Crippen LogP contribution in [0.4, 0.5) is 11.4 Å². The SMILES string of the molecule is Cc1ccc(NC(=O)CNc2cccc(C(=O)NC(C)C)c2)cc1C. The van der Waals surface area contributed by atoms with Gasteiger partial charge in [0.1, 0.15) is 0 Å². The van der Waals surface area contributed by atoms with Crippen LogP contribution in [0.25, 0.3) is 0 Å². The molecule has 0 spiro atoms. The lowest BCUT2D eigenvalue weighted by atomic mass is 10.1. The molecule has 0 unspecified atom stereocenters. The van der Waals surface area contributed by atoms with Crippen molar-refractivity contribution in [2.24, 2.45) is 0 Å². The van der Waals surface area contributed by atoms with E-state index >= 15 is 0 Å². The zero-order valence-corrected chi connectivity index (χ0v) is 15.1. The summed E-state index contributed by atoms with van der Waals surface area (Å²) in [6.07, 6.45) is 0. The molecule has 2 aromatic rings. The fourth-order valence-electron chi connectivity index (χ4n) is 2.32. The predicted molar refractivity (Wildman–Crippen MR) is 102 cm³/mol. The van der Waals surface area contributed by atoms with E-state index in [9.17, 15) is 9.59 Å². The highest BCUT2D eigenvalue weighted by molar-refractivity contribution is 5.96. The first kappa shape index (κ1) is 18.5. The Morgan fingerprint density at radius 2 is 1.72 bits per heavy atom. The summed E-state index contributed by atoms with van der Waals surface area (Å²) in [7, 11) is 0. The van der Waals surface area contributed by atoms with Gasteiger partial charge in [-0.1, -0.05) is 12.1 Å². The Bertz CT molecular complexity index is 769. The molecular formula is C20H25N3O2. The summed E-state index contributed by atoms with van der Waals surface area (Å²) in [6, 6.07) is 13.0. The average molecular weight is 339 g/mol. The Kier molecular flexibility index (Phi) is 6.17. The molecule has 0 fully saturated rings. The van der Waals surface area contributed by atoms with Gasteiger partial charge in [0.15, 0.2) is 0 Å². The fraction of sp³-hybridized carbons (Fsp3) is 0.300. The van der Waals surface area contributed by atoms with Gasteiger partial charge in [-0.05, 0) is 69.2 Å². The Labute approximate surface area is 148 Å². The van der Waals surface area contributed by atoms with E-state index in [1.165, 1.54) is 5.56 Å². The fourth-order valence-corrected chi connectivity index (χ4v) is 2.32. The molecule has 0 radical (unpaired) electrons. The molecule has 0 bridgehead atoms. The van der Waals surface area contributed by atoms with Gasteiger partial charge in [-0.2, -0.15) is 0 Å². The quantitative estimate of drug-likeness (QED) is 0.754. The second-order valence-corrected chi connectivity index (χ2v) is 6.41. The smallest absolute Gasteiger partial charge is 0.251 e. The number of carbonyl (C=O) groups is 2. The lowest BCUT2D eigenvalue weighted by molar-refractivity contribution is -0.114. The maximum Gasteiger partial charge on any atom is 0.251 e. The molecule has 0 aromatic heterocycles. The minimum Gasteiger partial charge on any atom is -0.376 e. The van der Waals surface area contributed by atoms with E-state index in [-0.39, 0.29) is 24.4 Å². The van der Waals surface area contributed by atoms with Gasteiger partial charge in [-0.3, -0.25) is 9.59 Å². The van der Waals surface area contributed by atoms with Gasteiger partial charge in [0, 0.05) is 23.0 Å². The highest BCUT2D eigenvalue weighted by atomic mass is 16.2. The third kappa shape index (κ3) is 5.64. The van der Waals surface area contributed by atoms with Crippen LogP contribution in [0, 0.1) is 13.8 Å². The summed E-state index contributed by atoms with van der Waals surface area (Å²) in [5, 5.41) is 8.76. The third-order valence-corrected chi connectivity index (χ3v) is 3.79. The number of hydrogen-bond acceptors (Lipinski definition) is 3. The molecule has 5 nitrogen and oxygen atoms in total. The van der Waals surface area contributed by atoms with E-state index in [4.69, 9.17) is 0 Å². The van der Waals surface area contributed by atoms with Crippen LogP contribution in [0.3, 0.4) is 0 Å². The van der Waals surface area contributed by atoms with Crippen LogP contribution in [-0.4, -0.2) is 24.4 Å². The van der Waals surface area contributed by atoms with Gasteiger partial charge in [-0.15, -0.1) is 0 Å². The van der Waals surface area contributed by atoms with E-state index in [1.54, 1.807) is 18.2 Å². The molecule has 0 saturated heterocycles. The third-order valence-electron chi connectivity index (χ3n) is 3.79. The number of amides is 2. The van der Waals surface area contributed by atoms with Crippen molar-refractivity contribution >= 4 is 23.2 Å². The van der Waals surface area contributed by atoms with Crippen molar-refractivity contribution in [3.63, 3.8) is 0 Å². The minimum absolute atomic E-state index is 0.0767. The van der Waals surface area contributed by atoms with E-state index < -0.39 is 0 Å². The normalized spacial score (nSPS) is 10.4. The predicted octanol–water partition coefficient (Wildman–Crippen LogP) is 3.49. The second-order valence-electron chi connectivity index (χ2n) is 6.41. The van der Waals surface area contributed by atoms with Crippen LogP contribution in [0.1, 0.15) is 35.3 Å². The monoisotopic (exact) mass is 339 g/mol. The van der Waals surface area contributed by atoms with Crippen molar-refractivity contribution in [2.75, 3.05) is 17.2 Å². The molecule has 132 valence electrons. The van der Waals surface area contributed by atoms with Crippen molar-refractivity contribution in [3.8, 4) is 0 Å². The molecule has 2 rings (SSSR count). The maximum atomic E-state index is 12.1. The van der Waals surface area contributed by atoms with Crippen molar-refractivity contribution < 1.29 is 9.59 Å². The molecule has 0 aliphatic heterocycles. The van der Waals surface area contributed by atoms with Crippen LogP contribution in [0.2, 0.25) is 0 Å². The van der Waals surface area contributed by atoms with Crippen LogP contribution < -0.4 is 16.0 Å². The largest absolute Gasteiger partial charge is 0.376 e. The molecule has 0 heterocycles. The van der Waals surface area contributed by atoms with Crippen LogP contribution in [-0.2, 0) is 4.79 Å². The molecule has 25 heavy (non-hydrogen) atoms. The van der Waals surface area contributed by atoms with Gasteiger partial charge >= 0.3 is 0 Å². The zero-order valence-electron chi connectivity index (χ0n) is 15.1. The molecule has 2 aromatic carbocycles. The summed E-state index contributed by atoms with van der Waals surface area (Å²) < 4.78 is 0. The number of aryl methyl sites for hydroxylation is 2. The minimum atomic E-state index is -0.139.